The fourth-order valence-electron chi connectivity index (χ4n) is 2.08. The Labute approximate surface area is 97.6 Å². The van der Waals surface area contributed by atoms with E-state index >= 15 is 0 Å². The number of hydrogen-bond acceptors (Lipinski definition) is 4. The summed E-state index contributed by atoms with van der Waals surface area (Å²) in [5.74, 6) is 0.0952. The molecule has 1 rings (SSSR count). The highest BCUT2D eigenvalue weighted by Crippen LogP contribution is 2.18. The van der Waals surface area contributed by atoms with E-state index < -0.39 is 0 Å². The molecule has 1 amide bonds. The zero-order valence-electron chi connectivity index (χ0n) is 10.7. The fraction of sp³-hybridized carbons (Fsp3) is 0.909. The SMILES string of the molecule is CN(C)CC1CC(O)CN1CC(=O)N(C)C. The average molecular weight is 229 g/mol. The van der Waals surface area contributed by atoms with Gasteiger partial charge >= 0.3 is 0 Å². The van der Waals surface area contributed by atoms with Gasteiger partial charge in [0.05, 0.1) is 12.6 Å². The van der Waals surface area contributed by atoms with Crippen molar-refractivity contribution in [1.29, 1.82) is 0 Å². The van der Waals surface area contributed by atoms with Gasteiger partial charge in [-0.25, -0.2) is 0 Å². The van der Waals surface area contributed by atoms with Gasteiger partial charge < -0.3 is 14.9 Å². The summed E-state index contributed by atoms with van der Waals surface area (Å²) >= 11 is 0. The molecule has 2 atom stereocenters. The van der Waals surface area contributed by atoms with Crippen molar-refractivity contribution < 1.29 is 9.90 Å². The fourth-order valence-corrected chi connectivity index (χ4v) is 2.08. The summed E-state index contributed by atoms with van der Waals surface area (Å²) in [6, 6.07) is 0.286. The molecule has 5 heteroatoms. The Hall–Kier alpha value is -0.650. The molecule has 1 saturated heterocycles. The lowest BCUT2D eigenvalue weighted by molar-refractivity contribution is -0.130. The van der Waals surface area contributed by atoms with Crippen LogP contribution in [-0.4, -0.2) is 85.7 Å². The number of carbonyl (C=O) groups is 1. The molecule has 5 nitrogen and oxygen atoms in total. The van der Waals surface area contributed by atoms with E-state index in [9.17, 15) is 9.90 Å². The van der Waals surface area contributed by atoms with Gasteiger partial charge in [-0.2, -0.15) is 0 Å². The van der Waals surface area contributed by atoms with Crippen LogP contribution in [0.3, 0.4) is 0 Å². The first-order valence-corrected chi connectivity index (χ1v) is 5.67. The van der Waals surface area contributed by atoms with Crippen LogP contribution in [0.4, 0.5) is 0 Å². The summed E-state index contributed by atoms with van der Waals surface area (Å²) in [6.07, 6.45) is 0.471. The molecule has 1 N–H and O–H groups in total. The van der Waals surface area contributed by atoms with E-state index in [1.807, 2.05) is 14.1 Å². The topological polar surface area (TPSA) is 47.0 Å². The minimum atomic E-state index is -0.292. The number of β-amino-alcohol motifs (C(OH)–C–C–N with tert-alkyl or cyclic N) is 1. The molecule has 1 heterocycles. The molecule has 0 radical (unpaired) electrons. The highest BCUT2D eigenvalue weighted by molar-refractivity contribution is 5.77. The van der Waals surface area contributed by atoms with Gasteiger partial charge in [0, 0.05) is 33.2 Å². The number of carbonyl (C=O) groups excluding carboxylic acids is 1. The normalized spacial score (nSPS) is 26.4. The Morgan fingerprint density at radius 1 is 1.38 bits per heavy atom. The molecule has 0 bridgehead atoms. The van der Waals surface area contributed by atoms with Crippen molar-refractivity contribution in [3.05, 3.63) is 0 Å². The quantitative estimate of drug-likeness (QED) is 0.677. The maximum absolute atomic E-state index is 11.6. The van der Waals surface area contributed by atoms with Crippen LogP contribution in [0.2, 0.25) is 0 Å². The lowest BCUT2D eigenvalue weighted by atomic mass is 10.2. The van der Waals surface area contributed by atoms with Crippen molar-refractivity contribution in [2.75, 3.05) is 47.8 Å². The van der Waals surface area contributed by atoms with Crippen molar-refractivity contribution in [2.45, 2.75) is 18.6 Å². The van der Waals surface area contributed by atoms with E-state index in [1.165, 1.54) is 0 Å². The zero-order chi connectivity index (χ0) is 12.3. The van der Waals surface area contributed by atoms with Crippen LogP contribution in [0.15, 0.2) is 0 Å². The molecular weight excluding hydrogens is 206 g/mol. The van der Waals surface area contributed by atoms with E-state index in [1.54, 1.807) is 19.0 Å². The highest BCUT2D eigenvalue weighted by atomic mass is 16.3. The van der Waals surface area contributed by atoms with E-state index in [4.69, 9.17) is 0 Å². The monoisotopic (exact) mass is 229 g/mol. The van der Waals surface area contributed by atoms with Crippen LogP contribution in [0.5, 0.6) is 0 Å². The number of aliphatic hydroxyl groups excluding tert-OH is 1. The Bertz CT molecular complexity index is 243. The van der Waals surface area contributed by atoms with Crippen molar-refractivity contribution in [1.82, 2.24) is 14.7 Å². The minimum Gasteiger partial charge on any atom is -0.392 e. The Morgan fingerprint density at radius 2 is 2.00 bits per heavy atom. The number of hydrogen-bond donors (Lipinski definition) is 1. The number of amides is 1. The zero-order valence-corrected chi connectivity index (χ0v) is 10.7. The number of rotatable bonds is 4. The van der Waals surface area contributed by atoms with E-state index in [-0.39, 0.29) is 18.1 Å². The highest BCUT2D eigenvalue weighted by Gasteiger charge is 2.32. The van der Waals surface area contributed by atoms with Crippen molar-refractivity contribution in [3.63, 3.8) is 0 Å². The first kappa shape index (κ1) is 13.4. The molecule has 1 aliphatic heterocycles. The van der Waals surface area contributed by atoms with E-state index in [0.717, 1.165) is 13.0 Å². The standard InChI is InChI=1S/C11H23N3O2/c1-12(2)6-9-5-10(15)7-14(9)8-11(16)13(3)4/h9-10,15H,5-8H2,1-4H3. The molecule has 0 aromatic carbocycles. The summed E-state index contributed by atoms with van der Waals surface area (Å²) in [6.45, 7) is 1.90. The van der Waals surface area contributed by atoms with E-state index in [0.29, 0.717) is 13.1 Å². The summed E-state index contributed by atoms with van der Waals surface area (Å²) in [7, 11) is 7.54. The van der Waals surface area contributed by atoms with E-state index in [2.05, 4.69) is 9.80 Å². The number of nitrogens with zero attached hydrogens (tertiary/aromatic N) is 3. The molecule has 1 aliphatic rings. The Kier molecular flexibility index (Phi) is 4.70. The molecule has 0 aromatic rings. The maximum atomic E-state index is 11.6. The third-order valence-electron chi connectivity index (χ3n) is 2.92. The number of likely N-dealkylation sites (N-methyl/N-ethyl adjacent to an activating group) is 2. The van der Waals surface area contributed by atoms with Gasteiger partial charge in [-0.3, -0.25) is 9.69 Å². The predicted molar refractivity (Wildman–Crippen MR) is 63.2 cm³/mol. The van der Waals surface area contributed by atoms with Gasteiger partial charge in [0.2, 0.25) is 5.91 Å². The Balaban J connectivity index is 2.52. The van der Waals surface area contributed by atoms with Crippen molar-refractivity contribution >= 4 is 5.91 Å². The van der Waals surface area contributed by atoms with Crippen molar-refractivity contribution in [2.24, 2.45) is 0 Å². The van der Waals surface area contributed by atoms with Crippen LogP contribution in [0.1, 0.15) is 6.42 Å². The molecule has 0 aliphatic carbocycles. The summed E-state index contributed by atoms with van der Waals surface area (Å²) in [5, 5.41) is 9.65. The molecule has 0 spiro atoms. The minimum absolute atomic E-state index is 0.0952. The number of likely N-dealkylation sites (tertiary alicyclic amines) is 1. The third kappa shape index (κ3) is 3.73. The van der Waals surface area contributed by atoms with Crippen molar-refractivity contribution in [3.8, 4) is 0 Å². The second-order valence-electron chi connectivity index (χ2n) is 5.02. The maximum Gasteiger partial charge on any atom is 0.236 e. The summed E-state index contributed by atoms with van der Waals surface area (Å²) in [5.41, 5.74) is 0. The largest absolute Gasteiger partial charge is 0.392 e. The average Bonchev–Trinajstić information content (AvgIpc) is 2.45. The second kappa shape index (κ2) is 5.61. The van der Waals surface area contributed by atoms with Crippen LogP contribution >= 0.6 is 0 Å². The number of aliphatic hydroxyl groups is 1. The van der Waals surface area contributed by atoms with Gasteiger partial charge in [-0.1, -0.05) is 0 Å². The third-order valence-corrected chi connectivity index (χ3v) is 2.92. The summed E-state index contributed by atoms with van der Waals surface area (Å²) < 4.78 is 0. The van der Waals surface area contributed by atoms with Gasteiger partial charge in [-0.05, 0) is 20.5 Å². The summed E-state index contributed by atoms with van der Waals surface area (Å²) in [4.78, 5) is 17.4. The van der Waals surface area contributed by atoms with Crippen LogP contribution in [-0.2, 0) is 4.79 Å². The van der Waals surface area contributed by atoms with Crippen LogP contribution < -0.4 is 0 Å². The van der Waals surface area contributed by atoms with Gasteiger partial charge in [0.15, 0.2) is 0 Å². The smallest absolute Gasteiger partial charge is 0.236 e. The molecule has 1 fully saturated rings. The molecule has 0 aromatic heterocycles. The van der Waals surface area contributed by atoms with Crippen LogP contribution in [0.25, 0.3) is 0 Å². The van der Waals surface area contributed by atoms with Gasteiger partial charge in [0.25, 0.3) is 0 Å². The first-order chi connectivity index (χ1) is 7.40. The molecule has 0 saturated carbocycles. The van der Waals surface area contributed by atoms with Crippen LogP contribution in [0, 0.1) is 0 Å². The lowest BCUT2D eigenvalue weighted by Gasteiger charge is -2.27. The molecule has 2 unspecified atom stereocenters. The predicted octanol–water partition coefficient (Wildman–Crippen LogP) is -0.929. The van der Waals surface area contributed by atoms with Gasteiger partial charge in [-0.15, -0.1) is 0 Å². The Morgan fingerprint density at radius 3 is 2.50 bits per heavy atom. The first-order valence-electron chi connectivity index (χ1n) is 5.67. The molecular formula is C11H23N3O2. The second-order valence-corrected chi connectivity index (χ2v) is 5.02. The molecule has 16 heavy (non-hydrogen) atoms. The molecule has 94 valence electrons. The lowest BCUT2D eigenvalue weighted by Crippen LogP contribution is -2.43. The van der Waals surface area contributed by atoms with Gasteiger partial charge in [0.1, 0.15) is 0 Å².